The maximum absolute atomic E-state index is 13.1. The maximum atomic E-state index is 13.1. The largest absolute Gasteiger partial charge is 0.493 e. The monoisotopic (exact) mass is 517 g/mol. The first-order valence-electron chi connectivity index (χ1n) is 11.6. The number of aryl methyl sites for hydroxylation is 1. The summed E-state index contributed by atoms with van der Waals surface area (Å²) in [4.78, 5) is 18.1. The van der Waals surface area contributed by atoms with Crippen LogP contribution in [0.4, 0.5) is 0 Å². The van der Waals surface area contributed by atoms with Gasteiger partial charge in [0.15, 0.2) is 16.3 Å². The molecule has 0 spiro atoms. The van der Waals surface area contributed by atoms with Crippen LogP contribution in [0.5, 0.6) is 11.5 Å². The summed E-state index contributed by atoms with van der Waals surface area (Å²) >= 11 is 1.38. The van der Waals surface area contributed by atoms with E-state index in [4.69, 9.17) is 9.47 Å². The molecule has 1 fully saturated rings. The van der Waals surface area contributed by atoms with Gasteiger partial charge in [-0.3, -0.25) is 4.79 Å². The zero-order chi connectivity index (χ0) is 25.3. The summed E-state index contributed by atoms with van der Waals surface area (Å²) in [6, 6.07) is 9.81. The highest BCUT2D eigenvalue weighted by Crippen LogP contribution is 2.33. The minimum absolute atomic E-state index is 0.194. The van der Waals surface area contributed by atoms with Crippen molar-refractivity contribution in [3.8, 4) is 11.5 Å². The van der Waals surface area contributed by atoms with Gasteiger partial charge in [0.25, 0.3) is 5.91 Å². The Morgan fingerprint density at radius 3 is 2.23 bits per heavy atom. The van der Waals surface area contributed by atoms with E-state index in [2.05, 4.69) is 18.8 Å². The molecule has 0 aliphatic carbocycles. The Morgan fingerprint density at radius 2 is 1.66 bits per heavy atom. The van der Waals surface area contributed by atoms with Crippen LogP contribution in [0.15, 0.2) is 46.3 Å². The predicted molar refractivity (Wildman–Crippen MR) is 137 cm³/mol. The van der Waals surface area contributed by atoms with Crippen LogP contribution in [-0.4, -0.2) is 50.5 Å². The molecule has 2 unspecified atom stereocenters. The van der Waals surface area contributed by atoms with Crippen molar-refractivity contribution < 1.29 is 22.7 Å². The van der Waals surface area contributed by atoms with Crippen molar-refractivity contribution in [1.82, 2.24) is 8.87 Å². The number of carbonyl (C=O) groups is 1. The third-order valence-corrected chi connectivity index (χ3v) is 9.16. The van der Waals surface area contributed by atoms with Crippen LogP contribution in [0.3, 0.4) is 0 Å². The minimum Gasteiger partial charge on any atom is -0.493 e. The molecule has 0 radical (unpaired) electrons. The van der Waals surface area contributed by atoms with Crippen molar-refractivity contribution in [2.45, 2.75) is 38.6 Å². The highest BCUT2D eigenvalue weighted by Gasteiger charge is 2.31. The molecule has 1 aliphatic rings. The number of ether oxygens (including phenoxy) is 2. The zero-order valence-electron chi connectivity index (χ0n) is 20.6. The first-order chi connectivity index (χ1) is 16.7. The van der Waals surface area contributed by atoms with Crippen LogP contribution in [0, 0.1) is 11.8 Å². The number of carbonyl (C=O) groups excluding carboxylic acids is 1. The summed E-state index contributed by atoms with van der Waals surface area (Å²) in [5.74, 6) is 1.42. The molecule has 0 N–H and O–H groups in total. The highest BCUT2D eigenvalue weighted by atomic mass is 32.2. The van der Waals surface area contributed by atoms with Gasteiger partial charge in [-0.25, -0.2) is 8.42 Å². The van der Waals surface area contributed by atoms with E-state index in [1.165, 1.54) is 35.6 Å². The van der Waals surface area contributed by atoms with E-state index in [1.807, 2.05) is 23.6 Å². The molecule has 4 rings (SSSR count). The fraction of sp³-hybridized carbons (Fsp3) is 0.440. The average Bonchev–Trinajstić information content (AvgIpc) is 3.18. The molecule has 3 aromatic rings. The van der Waals surface area contributed by atoms with E-state index in [9.17, 15) is 13.2 Å². The van der Waals surface area contributed by atoms with E-state index in [-0.39, 0.29) is 4.90 Å². The van der Waals surface area contributed by atoms with Gasteiger partial charge >= 0.3 is 0 Å². The maximum Gasteiger partial charge on any atom is 0.279 e. The average molecular weight is 518 g/mol. The lowest BCUT2D eigenvalue weighted by atomic mass is 9.94. The Bertz CT molecular complexity index is 1400. The van der Waals surface area contributed by atoms with Gasteiger partial charge in [0.1, 0.15) is 0 Å². The predicted octanol–water partition coefficient (Wildman–Crippen LogP) is 4.15. The number of hydrogen-bond acceptors (Lipinski definition) is 6. The molecule has 1 aliphatic heterocycles. The molecule has 188 valence electrons. The van der Waals surface area contributed by atoms with E-state index >= 15 is 0 Å². The number of piperidine rings is 1. The molecule has 0 saturated carbocycles. The number of sulfonamides is 1. The summed E-state index contributed by atoms with van der Waals surface area (Å²) in [6.45, 7) is 7.77. The summed E-state index contributed by atoms with van der Waals surface area (Å²) in [5, 5.41) is 0. The minimum atomic E-state index is -3.60. The molecule has 8 nitrogen and oxygen atoms in total. The van der Waals surface area contributed by atoms with E-state index < -0.39 is 15.9 Å². The molecule has 0 bridgehead atoms. The molecule has 1 aromatic heterocycles. The number of aromatic nitrogens is 1. The van der Waals surface area contributed by atoms with Gasteiger partial charge < -0.3 is 14.0 Å². The quantitative estimate of drug-likeness (QED) is 0.490. The second-order valence-corrected chi connectivity index (χ2v) is 12.0. The van der Waals surface area contributed by atoms with Crippen molar-refractivity contribution in [1.29, 1.82) is 0 Å². The Kier molecular flexibility index (Phi) is 7.35. The lowest BCUT2D eigenvalue weighted by Gasteiger charge is -2.34. The number of nitrogens with zero attached hydrogens (tertiary/aromatic N) is 3. The number of fused-ring (bicyclic) bond motifs is 1. The summed E-state index contributed by atoms with van der Waals surface area (Å²) < 4.78 is 41.5. The molecular formula is C25H31N3O5S2. The first kappa shape index (κ1) is 25.4. The number of hydrogen-bond donors (Lipinski definition) is 0. The van der Waals surface area contributed by atoms with Crippen molar-refractivity contribution in [3.63, 3.8) is 0 Å². The fourth-order valence-corrected chi connectivity index (χ4v) is 7.44. The lowest BCUT2D eigenvalue weighted by Crippen LogP contribution is -2.42. The third kappa shape index (κ3) is 5.00. The number of rotatable bonds is 6. The molecule has 10 heteroatoms. The van der Waals surface area contributed by atoms with Gasteiger partial charge in [-0.1, -0.05) is 25.2 Å². The van der Waals surface area contributed by atoms with Crippen molar-refractivity contribution >= 4 is 37.5 Å². The number of benzene rings is 2. The van der Waals surface area contributed by atoms with Crippen molar-refractivity contribution in [2.75, 3.05) is 27.3 Å². The number of thiazole rings is 1. The Balaban J connectivity index is 1.65. The van der Waals surface area contributed by atoms with Crippen LogP contribution in [-0.2, 0) is 16.6 Å². The molecular weight excluding hydrogens is 486 g/mol. The smallest absolute Gasteiger partial charge is 0.279 e. The molecule has 1 amide bonds. The summed E-state index contributed by atoms with van der Waals surface area (Å²) in [7, 11) is -0.444. The Hall–Kier alpha value is -2.69. The molecule has 1 saturated heterocycles. The molecule has 2 atom stereocenters. The van der Waals surface area contributed by atoms with Gasteiger partial charge in [0.2, 0.25) is 10.0 Å². The number of methoxy groups -OCH3 is 2. The normalized spacial score (nSPS) is 19.7. The van der Waals surface area contributed by atoms with Gasteiger partial charge in [0.05, 0.1) is 29.3 Å². The van der Waals surface area contributed by atoms with Crippen LogP contribution in [0.2, 0.25) is 0 Å². The first-order valence-corrected chi connectivity index (χ1v) is 13.9. The SMILES string of the molecule is CCn1c(=NC(=O)c2ccc(S(=O)(=O)N3CC(C)CC(C)C3)cc2)sc2cc(OC)c(OC)cc21. The molecule has 2 heterocycles. The Labute approximate surface area is 209 Å². The van der Waals surface area contributed by atoms with Gasteiger partial charge in [0, 0.05) is 37.3 Å². The second-order valence-electron chi connectivity index (χ2n) is 9.01. The van der Waals surface area contributed by atoms with Gasteiger partial charge in [-0.2, -0.15) is 9.30 Å². The highest BCUT2D eigenvalue weighted by molar-refractivity contribution is 7.89. The Morgan fingerprint density at radius 1 is 1.06 bits per heavy atom. The van der Waals surface area contributed by atoms with Crippen LogP contribution < -0.4 is 14.3 Å². The standard InChI is InChI=1S/C25H31N3O5S2/c1-6-28-20-12-21(32-4)22(33-5)13-23(20)34-25(28)26-24(29)18-7-9-19(10-8-18)35(30,31)27-14-16(2)11-17(3)15-27/h7-10,12-13,16-17H,6,11,14-15H2,1-5H3. The van der Waals surface area contributed by atoms with E-state index in [0.29, 0.717) is 53.3 Å². The molecule has 2 aromatic carbocycles. The fourth-order valence-electron chi connectivity index (χ4n) is 4.66. The van der Waals surface area contributed by atoms with Crippen molar-refractivity contribution in [3.05, 3.63) is 46.8 Å². The van der Waals surface area contributed by atoms with Crippen LogP contribution in [0.1, 0.15) is 37.6 Å². The van der Waals surface area contributed by atoms with Crippen molar-refractivity contribution in [2.24, 2.45) is 16.8 Å². The number of amides is 1. The van der Waals surface area contributed by atoms with Crippen LogP contribution >= 0.6 is 11.3 Å². The van der Waals surface area contributed by atoms with Crippen LogP contribution in [0.25, 0.3) is 10.2 Å². The van der Waals surface area contributed by atoms with Gasteiger partial charge in [-0.15, -0.1) is 0 Å². The molecule has 35 heavy (non-hydrogen) atoms. The topological polar surface area (TPSA) is 90.2 Å². The van der Waals surface area contributed by atoms with E-state index in [1.54, 1.807) is 18.5 Å². The third-order valence-electron chi connectivity index (χ3n) is 6.28. The lowest BCUT2D eigenvalue weighted by molar-refractivity contribution is 0.0997. The summed E-state index contributed by atoms with van der Waals surface area (Å²) in [6.07, 6.45) is 1.02. The van der Waals surface area contributed by atoms with E-state index in [0.717, 1.165) is 16.6 Å². The second kappa shape index (κ2) is 10.1. The zero-order valence-corrected chi connectivity index (χ0v) is 22.3. The van der Waals surface area contributed by atoms with Gasteiger partial charge in [-0.05, 0) is 49.4 Å². The summed E-state index contributed by atoms with van der Waals surface area (Å²) in [5.41, 5.74) is 1.23.